The maximum absolute atomic E-state index is 11.2. The Kier molecular flexibility index (Phi) is 5.61. The number of rotatable bonds is 8. The van der Waals surface area contributed by atoms with Gasteiger partial charge in [0.1, 0.15) is 17.9 Å². The van der Waals surface area contributed by atoms with Crippen LogP contribution in [0.3, 0.4) is 0 Å². The van der Waals surface area contributed by atoms with Crippen LogP contribution in [0.2, 0.25) is 0 Å². The van der Waals surface area contributed by atoms with E-state index in [-0.39, 0.29) is 29.7 Å². The summed E-state index contributed by atoms with van der Waals surface area (Å²) in [4.78, 5) is 11.2. The lowest BCUT2D eigenvalue weighted by Gasteiger charge is -2.46. The van der Waals surface area contributed by atoms with Gasteiger partial charge in [-0.1, -0.05) is 12.1 Å². The fraction of sp³-hybridized carbons (Fsp3) is 0.632. The third-order valence-corrected chi connectivity index (χ3v) is 5.42. The van der Waals surface area contributed by atoms with Gasteiger partial charge in [-0.25, -0.2) is 4.79 Å². The van der Waals surface area contributed by atoms with Crippen molar-refractivity contribution < 1.29 is 24.1 Å². The molecule has 6 heteroatoms. The van der Waals surface area contributed by atoms with Gasteiger partial charge in [-0.3, -0.25) is 0 Å². The maximum Gasteiger partial charge on any atom is 0.339 e. The summed E-state index contributed by atoms with van der Waals surface area (Å²) in [5, 5.41) is 9.18. The quantitative estimate of drug-likeness (QED) is 0.749. The van der Waals surface area contributed by atoms with Crippen LogP contribution in [0.1, 0.15) is 43.0 Å². The van der Waals surface area contributed by atoms with Gasteiger partial charge in [-0.15, -0.1) is 0 Å². The van der Waals surface area contributed by atoms with Crippen LogP contribution in [-0.4, -0.2) is 49.1 Å². The molecular weight excluding hydrogens is 322 g/mol. The van der Waals surface area contributed by atoms with Gasteiger partial charge in [0, 0.05) is 5.41 Å². The number of ether oxygens (including phenoxy) is 3. The van der Waals surface area contributed by atoms with Crippen LogP contribution in [0.25, 0.3) is 0 Å². The summed E-state index contributed by atoms with van der Waals surface area (Å²) in [6, 6.07) is 6.23. The summed E-state index contributed by atoms with van der Waals surface area (Å²) < 4.78 is 17.5. The molecule has 0 unspecified atom stereocenters. The van der Waals surface area contributed by atoms with Gasteiger partial charge in [-0.05, 0) is 44.7 Å². The second-order valence-electron chi connectivity index (χ2n) is 7.30. The molecule has 4 rings (SSSR count). The molecule has 0 aromatic heterocycles. The fourth-order valence-electron chi connectivity index (χ4n) is 3.52. The SMILES string of the molecule is C[C@@H](OCC12CCC(CC1)OC2)[C@H](N)COc1ccccc1C(=O)O. The Hall–Kier alpha value is -1.63. The van der Waals surface area contributed by atoms with E-state index in [4.69, 9.17) is 19.9 Å². The molecule has 0 spiro atoms. The number of carboxylic acids is 1. The topological polar surface area (TPSA) is 91.0 Å². The molecule has 3 fully saturated rings. The minimum atomic E-state index is -1.01. The second-order valence-corrected chi connectivity index (χ2v) is 7.30. The molecule has 1 aromatic carbocycles. The molecule has 3 aliphatic rings. The predicted octanol–water partition coefficient (Wildman–Crippen LogP) is 2.46. The first-order valence-corrected chi connectivity index (χ1v) is 8.93. The zero-order valence-corrected chi connectivity index (χ0v) is 14.6. The highest BCUT2D eigenvalue weighted by molar-refractivity contribution is 5.90. The molecule has 6 nitrogen and oxygen atoms in total. The van der Waals surface area contributed by atoms with Crippen molar-refractivity contribution in [1.82, 2.24) is 0 Å². The molecule has 3 N–H and O–H groups in total. The molecule has 138 valence electrons. The summed E-state index contributed by atoms with van der Waals surface area (Å²) in [6.07, 6.45) is 4.83. The number of benzene rings is 1. The number of para-hydroxylation sites is 1. The molecular formula is C19H27NO5. The molecule has 0 radical (unpaired) electrons. The van der Waals surface area contributed by atoms with E-state index in [1.807, 2.05) is 6.92 Å². The molecule has 2 bridgehead atoms. The first-order valence-electron chi connectivity index (χ1n) is 8.93. The minimum absolute atomic E-state index is 0.137. The summed E-state index contributed by atoms with van der Waals surface area (Å²) in [6.45, 7) is 3.57. The lowest BCUT2D eigenvalue weighted by molar-refractivity contribution is -0.150. The van der Waals surface area contributed by atoms with E-state index in [1.54, 1.807) is 18.2 Å². The normalized spacial score (nSPS) is 27.7. The Morgan fingerprint density at radius 3 is 2.76 bits per heavy atom. The fourth-order valence-corrected chi connectivity index (χ4v) is 3.52. The van der Waals surface area contributed by atoms with Crippen molar-refractivity contribution in [3.05, 3.63) is 29.8 Å². The van der Waals surface area contributed by atoms with Crippen molar-refractivity contribution >= 4 is 5.97 Å². The Morgan fingerprint density at radius 2 is 2.12 bits per heavy atom. The molecule has 2 heterocycles. The van der Waals surface area contributed by atoms with E-state index < -0.39 is 5.97 Å². The minimum Gasteiger partial charge on any atom is -0.491 e. The molecule has 0 amide bonds. The number of nitrogens with two attached hydrogens (primary N) is 1. The van der Waals surface area contributed by atoms with Crippen molar-refractivity contribution in [2.45, 2.75) is 50.9 Å². The summed E-state index contributed by atoms with van der Waals surface area (Å²) in [5.41, 5.74) is 6.45. The number of carboxylic acid groups (broad SMARTS) is 1. The standard InChI is InChI=1S/C19H27NO5/c1-13(24-11-19-8-6-14(7-9-19)25-12-19)16(20)10-23-17-5-3-2-4-15(17)18(21)22/h2-5,13-14,16H,6-12,20H2,1H3,(H,21,22)/t13-,14?,16-,19?/m1/s1. The van der Waals surface area contributed by atoms with Crippen molar-refractivity contribution in [3.63, 3.8) is 0 Å². The van der Waals surface area contributed by atoms with E-state index in [1.165, 1.54) is 6.07 Å². The first-order chi connectivity index (χ1) is 12.0. The third kappa shape index (κ3) is 4.32. The zero-order chi connectivity index (χ0) is 17.9. The first kappa shape index (κ1) is 18.2. The van der Waals surface area contributed by atoms with Crippen molar-refractivity contribution in [2.24, 2.45) is 11.1 Å². The lowest BCUT2D eigenvalue weighted by Crippen LogP contribution is -2.47. The lowest BCUT2D eigenvalue weighted by atomic mass is 9.72. The van der Waals surface area contributed by atoms with E-state index in [2.05, 4.69) is 0 Å². The van der Waals surface area contributed by atoms with Crippen LogP contribution in [0, 0.1) is 5.41 Å². The van der Waals surface area contributed by atoms with E-state index in [0.717, 1.165) is 32.3 Å². The Labute approximate surface area is 148 Å². The summed E-state index contributed by atoms with van der Waals surface area (Å²) in [7, 11) is 0. The molecule has 2 atom stereocenters. The van der Waals surface area contributed by atoms with E-state index in [0.29, 0.717) is 18.5 Å². The van der Waals surface area contributed by atoms with Gasteiger partial charge in [0.05, 0.1) is 31.5 Å². The van der Waals surface area contributed by atoms with Crippen LogP contribution >= 0.6 is 0 Å². The molecule has 2 aliphatic heterocycles. The summed E-state index contributed by atoms with van der Waals surface area (Å²) >= 11 is 0. The largest absolute Gasteiger partial charge is 0.491 e. The number of hydrogen-bond acceptors (Lipinski definition) is 5. The van der Waals surface area contributed by atoms with Crippen molar-refractivity contribution in [3.8, 4) is 5.75 Å². The van der Waals surface area contributed by atoms with Crippen molar-refractivity contribution in [1.29, 1.82) is 0 Å². The molecule has 1 saturated carbocycles. The van der Waals surface area contributed by atoms with Crippen molar-refractivity contribution in [2.75, 3.05) is 19.8 Å². The van der Waals surface area contributed by atoms with E-state index in [9.17, 15) is 9.90 Å². The van der Waals surface area contributed by atoms with Gasteiger partial charge in [0.15, 0.2) is 0 Å². The second kappa shape index (κ2) is 7.72. The van der Waals surface area contributed by atoms with Crippen LogP contribution in [-0.2, 0) is 9.47 Å². The highest BCUT2D eigenvalue weighted by Crippen LogP contribution is 2.43. The average molecular weight is 349 g/mol. The third-order valence-electron chi connectivity index (χ3n) is 5.42. The average Bonchev–Trinajstić information content (AvgIpc) is 2.66. The van der Waals surface area contributed by atoms with E-state index >= 15 is 0 Å². The Balaban J connectivity index is 1.48. The van der Waals surface area contributed by atoms with Crippen LogP contribution in [0.15, 0.2) is 24.3 Å². The molecule has 1 aliphatic carbocycles. The van der Waals surface area contributed by atoms with Gasteiger partial charge in [0.25, 0.3) is 0 Å². The number of fused-ring (bicyclic) bond motifs is 3. The highest BCUT2D eigenvalue weighted by Gasteiger charge is 2.42. The van der Waals surface area contributed by atoms with Gasteiger partial charge < -0.3 is 25.1 Å². The van der Waals surface area contributed by atoms with Crippen LogP contribution in [0.5, 0.6) is 5.75 Å². The highest BCUT2D eigenvalue weighted by atomic mass is 16.5. The van der Waals surface area contributed by atoms with Crippen LogP contribution in [0.4, 0.5) is 0 Å². The molecule has 2 saturated heterocycles. The number of hydrogen-bond donors (Lipinski definition) is 2. The summed E-state index contributed by atoms with van der Waals surface area (Å²) in [5.74, 6) is -0.685. The number of carbonyl (C=O) groups is 1. The monoisotopic (exact) mass is 349 g/mol. The van der Waals surface area contributed by atoms with Gasteiger partial charge in [-0.2, -0.15) is 0 Å². The van der Waals surface area contributed by atoms with Gasteiger partial charge >= 0.3 is 5.97 Å². The van der Waals surface area contributed by atoms with Crippen LogP contribution < -0.4 is 10.5 Å². The molecule has 1 aromatic rings. The Bertz CT molecular complexity index is 583. The molecule has 25 heavy (non-hydrogen) atoms. The number of aromatic carboxylic acids is 1. The smallest absolute Gasteiger partial charge is 0.339 e. The maximum atomic E-state index is 11.2. The van der Waals surface area contributed by atoms with Gasteiger partial charge in [0.2, 0.25) is 0 Å². The zero-order valence-electron chi connectivity index (χ0n) is 14.6. The predicted molar refractivity (Wildman–Crippen MR) is 92.9 cm³/mol. The Morgan fingerprint density at radius 1 is 1.40 bits per heavy atom.